The molecule has 6 nitrogen and oxygen atoms in total. The van der Waals surface area contributed by atoms with Crippen LogP contribution in [0.4, 0.5) is 0 Å². The maximum absolute atomic E-state index is 12.1. The van der Waals surface area contributed by atoms with Gasteiger partial charge in [0.05, 0.1) is 25.7 Å². The van der Waals surface area contributed by atoms with E-state index in [-0.39, 0.29) is 54.8 Å². The number of carbonyl (C=O) groups is 1. The molecule has 30 heavy (non-hydrogen) atoms. The zero-order chi connectivity index (χ0) is 22.0. The topological polar surface area (TPSA) is 107 Å². The van der Waals surface area contributed by atoms with Gasteiger partial charge in [0.1, 0.15) is 28.6 Å². The van der Waals surface area contributed by atoms with Gasteiger partial charge in [0.25, 0.3) is 0 Å². The Morgan fingerprint density at radius 2 is 1.27 bits per heavy atom. The van der Waals surface area contributed by atoms with Crippen LogP contribution in [0.3, 0.4) is 0 Å². The minimum absolute atomic E-state index is 0.00482. The van der Waals surface area contributed by atoms with Crippen LogP contribution in [0, 0.1) is 0 Å². The lowest BCUT2D eigenvalue weighted by Gasteiger charge is -2.38. The number of aliphatic hydroxyl groups is 1. The molecule has 4 N–H and O–H groups in total. The highest BCUT2D eigenvalue weighted by molar-refractivity contribution is 6.53. The summed E-state index contributed by atoms with van der Waals surface area (Å²) in [4.78, 5) is 12.1. The highest BCUT2D eigenvalue weighted by Crippen LogP contribution is 2.56. The molecule has 0 radical (unpaired) electrons. The summed E-state index contributed by atoms with van der Waals surface area (Å²) in [6, 6.07) is 7.71. The van der Waals surface area contributed by atoms with E-state index >= 15 is 0 Å². The third-order valence-electron chi connectivity index (χ3n) is 4.77. The second-order valence-electron chi connectivity index (χ2n) is 6.48. The molecule has 0 amide bonds. The monoisotopic (exact) mass is 486 g/mol. The molecule has 3 aromatic carbocycles. The number of phenols is 2. The third-order valence-corrected chi connectivity index (χ3v) is 6.57. The summed E-state index contributed by atoms with van der Waals surface area (Å²) >= 11 is 24.8. The molecule has 0 aromatic heterocycles. The molecule has 0 unspecified atom stereocenters. The molecule has 0 aliphatic carbocycles. The van der Waals surface area contributed by atoms with E-state index in [0.29, 0.717) is 0 Å². The molecule has 1 heterocycles. The van der Waals surface area contributed by atoms with Crippen LogP contribution in [0.15, 0.2) is 36.4 Å². The van der Waals surface area contributed by atoms with Crippen LogP contribution in [-0.4, -0.2) is 26.4 Å². The fourth-order valence-corrected chi connectivity index (χ4v) is 4.56. The minimum atomic E-state index is -2.23. The number of ether oxygens (including phenoxy) is 1. The van der Waals surface area contributed by atoms with E-state index in [9.17, 15) is 25.2 Å². The number of hydrogen-bond acceptors (Lipinski definition) is 5. The minimum Gasteiger partial charge on any atom is -0.508 e. The van der Waals surface area contributed by atoms with Gasteiger partial charge in [0.15, 0.2) is 0 Å². The Morgan fingerprint density at radius 1 is 0.800 bits per heavy atom. The van der Waals surface area contributed by atoms with Crippen LogP contribution < -0.4 is 4.74 Å². The van der Waals surface area contributed by atoms with Crippen molar-refractivity contribution in [3.05, 3.63) is 78.7 Å². The Morgan fingerprint density at radius 3 is 1.73 bits per heavy atom. The molecule has 0 saturated carbocycles. The number of rotatable bonds is 2. The largest absolute Gasteiger partial charge is 0.508 e. The molecule has 0 atom stereocenters. The van der Waals surface area contributed by atoms with Crippen molar-refractivity contribution in [3.63, 3.8) is 0 Å². The summed E-state index contributed by atoms with van der Waals surface area (Å²) in [5.41, 5.74) is -2.99. The molecule has 0 spiro atoms. The summed E-state index contributed by atoms with van der Waals surface area (Å²) in [6.45, 7) is 0. The summed E-state index contributed by atoms with van der Waals surface area (Å²) in [6.07, 6.45) is 0. The second kappa shape index (κ2) is 7.11. The zero-order valence-electron chi connectivity index (χ0n) is 14.6. The van der Waals surface area contributed by atoms with Crippen molar-refractivity contribution in [1.82, 2.24) is 0 Å². The van der Waals surface area contributed by atoms with Crippen LogP contribution >= 0.6 is 46.4 Å². The normalized spacial score (nSPS) is 13.9. The molecule has 10 heteroatoms. The molecule has 0 bridgehead atoms. The van der Waals surface area contributed by atoms with E-state index in [1.807, 2.05) is 0 Å². The standard InChI is InChI=1S/C20H10Cl4O6/c21-15-13(19(27)28)14(16(22)18(24)17(15)23)20(29)9-3-1-7(25)5-11(9)30-12-6-8(26)2-4-10(12)20/h1-6,25-26,29H,(H,27,28). The van der Waals surface area contributed by atoms with Crippen molar-refractivity contribution in [1.29, 1.82) is 0 Å². The first kappa shape index (κ1) is 20.9. The van der Waals surface area contributed by atoms with Gasteiger partial charge in [-0.3, -0.25) is 0 Å². The van der Waals surface area contributed by atoms with Gasteiger partial charge < -0.3 is 25.2 Å². The highest BCUT2D eigenvalue weighted by Gasteiger charge is 2.47. The van der Waals surface area contributed by atoms with E-state index in [0.717, 1.165) is 0 Å². The van der Waals surface area contributed by atoms with Crippen LogP contribution in [0.2, 0.25) is 20.1 Å². The van der Waals surface area contributed by atoms with Crippen molar-refractivity contribution >= 4 is 52.4 Å². The Hall–Kier alpha value is -2.35. The van der Waals surface area contributed by atoms with Crippen LogP contribution in [-0.2, 0) is 5.60 Å². The van der Waals surface area contributed by atoms with Crippen molar-refractivity contribution in [2.75, 3.05) is 0 Å². The molecule has 0 saturated heterocycles. The smallest absolute Gasteiger partial charge is 0.337 e. The second-order valence-corrected chi connectivity index (χ2v) is 8.00. The van der Waals surface area contributed by atoms with Crippen LogP contribution in [0.5, 0.6) is 23.0 Å². The van der Waals surface area contributed by atoms with Gasteiger partial charge in [0, 0.05) is 28.8 Å². The maximum Gasteiger partial charge on any atom is 0.337 e. The van der Waals surface area contributed by atoms with Gasteiger partial charge >= 0.3 is 5.97 Å². The SMILES string of the molecule is O=C(O)c1c(Cl)c(Cl)c(Cl)c(Cl)c1C1(O)c2ccc(O)cc2Oc2cc(O)ccc21. The Balaban J connectivity index is 2.21. The first-order valence-electron chi connectivity index (χ1n) is 8.24. The number of halogens is 4. The first-order chi connectivity index (χ1) is 14.1. The number of aromatic hydroxyl groups is 2. The molecule has 3 aromatic rings. The summed E-state index contributed by atoms with van der Waals surface area (Å²) in [7, 11) is 0. The molecule has 1 aliphatic heterocycles. The van der Waals surface area contributed by atoms with Gasteiger partial charge in [-0.15, -0.1) is 0 Å². The number of hydrogen-bond donors (Lipinski definition) is 4. The lowest BCUT2D eigenvalue weighted by molar-refractivity contribution is 0.0676. The number of aromatic carboxylic acids is 1. The van der Waals surface area contributed by atoms with Crippen molar-refractivity contribution in [3.8, 4) is 23.0 Å². The summed E-state index contributed by atoms with van der Waals surface area (Å²) < 4.78 is 5.72. The summed E-state index contributed by atoms with van der Waals surface area (Å²) in [5.74, 6) is -1.83. The van der Waals surface area contributed by atoms with Gasteiger partial charge in [-0.25, -0.2) is 4.79 Å². The lowest BCUT2D eigenvalue weighted by Crippen LogP contribution is -2.35. The molecular formula is C20H10Cl4O6. The molecule has 0 fully saturated rings. The average Bonchev–Trinajstić information content (AvgIpc) is 2.68. The molecular weight excluding hydrogens is 478 g/mol. The van der Waals surface area contributed by atoms with E-state index in [1.165, 1.54) is 36.4 Å². The van der Waals surface area contributed by atoms with Gasteiger partial charge in [-0.2, -0.15) is 0 Å². The first-order valence-corrected chi connectivity index (χ1v) is 9.75. The van der Waals surface area contributed by atoms with Crippen molar-refractivity contribution in [2.45, 2.75) is 5.60 Å². The Kier molecular flexibility index (Phi) is 4.96. The summed E-state index contributed by atoms with van der Waals surface area (Å²) in [5, 5.41) is 40.3. The van der Waals surface area contributed by atoms with Gasteiger partial charge in [0.2, 0.25) is 0 Å². The van der Waals surface area contributed by atoms with Crippen LogP contribution in [0.1, 0.15) is 27.0 Å². The van der Waals surface area contributed by atoms with E-state index in [1.54, 1.807) is 0 Å². The third kappa shape index (κ3) is 2.87. The van der Waals surface area contributed by atoms with E-state index in [2.05, 4.69) is 0 Å². The number of benzene rings is 3. The quantitative estimate of drug-likeness (QED) is 0.269. The number of phenolic OH excluding ortho intramolecular Hbond substituents is 2. The number of carboxylic acids is 1. The number of fused-ring (bicyclic) bond motifs is 2. The van der Waals surface area contributed by atoms with Crippen LogP contribution in [0.25, 0.3) is 0 Å². The van der Waals surface area contributed by atoms with Crippen molar-refractivity contribution in [2.24, 2.45) is 0 Å². The number of carboxylic acid groups (broad SMARTS) is 1. The maximum atomic E-state index is 12.1. The van der Waals surface area contributed by atoms with E-state index < -0.39 is 22.2 Å². The molecule has 4 rings (SSSR count). The lowest BCUT2D eigenvalue weighted by atomic mass is 9.76. The average molecular weight is 488 g/mol. The predicted molar refractivity (Wildman–Crippen MR) is 112 cm³/mol. The highest BCUT2D eigenvalue weighted by atomic mass is 35.5. The van der Waals surface area contributed by atoms with Gasteiger partial charge in [-0.05, 0) is 24.3 Å². The fourth-order valence-electron chi connectivity index (χ4n) is 3.49. The Labute approximate surface area is 189 Å². The fraction of sp³-hybridized carbons (Fsp3) is 0.0500. The molecule has 154 valence electrons. The van der Waals surface area contributed by atoms with Crippen molar-refractivity contribution < 1.29 is 30.0 Å². The van der Waals surface area contributed by atoms with E-state index in [4.69, 9.17) is 51.1 Å². The zero-order valence-corrected chi connectivity index (χ0v) is 17.6. The Bertz CT molecular complexity index is 1190. The molecule has 1 aliphatic rings. The predicted octanol–water partition coefficient (Wildman–Crippen LogP) is 5.80. The van der Waals surface area contributed by atoms with Gasteiger partial charge in [-0.1, -0.05) is 46.4 Å².